The highest BCUT2D eigenvalue weighted by atomic mass is 35.5. The molecule has 0 unspecified atom stereocenters. The molecular formula is C25H22Cl3N7O3S. The number of aromatic amines is 1. The summed E-state index contributed by atoms with van der Waals surface area (Å²) in [6.45, 7) is 3.33. The number of nitrogens with one attached hydrogen (secondary N) is 1. The molecule has 0 bridgehead atoms. The van der Waals surface area contributed by atoms with Crippen molar-refractivity contribution in [2.45, 2.75) is 13.0 Å². The second kappa shape index (κ2) is 10.8. The molecule has 0 spiro atoms. The fourth-order valence-electron chi connectivity index (χ4n) is 4.54. The number of ether oxygens (including phenoxy) is 1. The average molecular weight is 607 g/mol. The van der Waals surface area contributed by atoms with Gasteiger partial charge in [-0.05, 0) is 25.1 Å². The number of aromatic nitrogens is 4. The number of nitrogens with zero attached hydrogens (tertiary/aromatic N) is 6. The Bertz CT molecular complexity index is 1690. The summed E-state index contributed by atoms with van der Waals surface area (Å²) in [7, 11) is -3.26. The Morgan fingerprint density at radius 2 is 1.74 bits per heavy atom. The second-order valence-electron chi connectivity index (χ2n) is 9.03. The molecule has 1 atom stereocenters. The highest BCUT2D eigenvalue weighted by Gasteiger charge is 2.26. The van der Waals surface area contributed by atoms with Gasteiger partial charge in [0.1, 0.15) is 29.4 Å². The van der Waals surface area contributed by atoms with Gasteiger partial charge >= 0.3 is 0 Å². The van der Waals surface area contributed by atoms with E-state index in [0.29, 0.717) is 86.1 Å². The van der Waals surface area contributed by atoms with Crippen LogP contribution in [-0.4, -0.2) is 65.3 Å². The molecule has 10 nitrogen and oxygen atoms in total. The van der Waals surface area contributed by atoms with E-state index in [1.807, 2.05) is 11.8 Å². The van der Waals surface area contributed by atoms with E-state index in [-0.39, 0.29) is 0 Å². The number of pyridine rings is 2. The minimum Gasteiger partial charge on any atom is -0.484 e. The number of fused-ring (bicyclic) bond motifs is 1. The van der Waals surface area contributed by atoms with Crippen LogP contribution in [0.15, 0.2) is 36.8 Å². The number of halogens is 3. The van der Waals surface area contributed by atoms with Crippen molar-refractivity contribution >= 4 is 61.5 Å². The van der Waals surface area contributed by atoms with E-state index in [1.54, 1.807) is 24.4 Å². The fraction of sp³-hybridized carbons (Fsp3) is 0.280. The van der Waals surface area contributed by atoms with Gasteiger partial charge in [-0.2, -0.15) is 14.7 Å². The van der Waals surface area contributed by atoms with Crippen LogP contribution in [0.5, 0.6) is 5.75 Å². The Hall–Kier alpha value is -3.14. The summed E-state index contributed by atoms with van der Waals surface area (Å²) in [6.07, 6.45) is 5.31. The molecule has 0 radical (unpaired) electrons. The lowest BCUT2D eigenvalue weighted by Crippen LogP contribution is -2.48. The van der Waals surface area contributed by atoms with Crippen LogP contribution in [0.3, 0.4) is 0 Å². The molecule has 3 aromatic heterocycles. The quantitative estimate of drug-likeness (QED) is 0.322. The van der Waals surface area contributed by atoms with E-state index in [2.05, 4.69) is 26.2 Å². The molecule has 1 aliphatic heterocycles. The lowest BCUT2D eigenvalue weighted by atomic mass is 10.1. The van der Waals surface area contributed by atoms with E-state index < -0.39 is 16.1 Å². The van der Waals surface area contributed by atoms with Crippen molar-refractivity contribution in [3.8, 4) is 23.1 Å². The van der Waals surface area contributed by atoms with E-state index in [1.165, 1.54) is 23.0 Å². The number of nitriles is 1. The summed E-state index contributed by atoms with van der Waals surface area (Å²) in [5, 5.41) is 19.1. The SMILES string of the molecule is C[C@@H](Oc1cc2c(-c3cnc(N4CCN(S(C)(=O)=O)CC4)c(C#N)c3)n[nH]c2cc1Cl)c1c(Cl)cncc1Cl. The second-order valence-corrected chi connectivity index (χ2v) is 12.2. The Morgan fingerprint density at radius 3 is 2.38 bits per heavy atom. The van der Waals surface area contributed by atoms with Gasteiger partial charge in [-0.1, -0.05) is 34.8 Å². The van der Waals surface area contributed by atoms with Crippen molar-refractivity contribution in [1.29, 1.82) is 5.26 Å². The highest BCUT2D eigenvalue weighted by Crippen LogP contribution is 2.39. The summed E-state index contributed by atoms with van der Waals surface area (Å²) in [6, 6.07) is 7.40. The topological polar surface area (TPSA) is 128 Å². The van der Waals surface area contributed by atoms with Gasteiger partial charge in [0.05, 0.1) is 32.4 Å². The maximum Gasteiger partial charge on any atom is 0.211 e. The smallest absolute Gasteiger partial charge is 0.211 e. The number of rotatable bonds is 6. The summed E-state index contributed by atoms with van der Waals surface area (Å²) in [4.78, 5) is 10.4. The van der Waals surface area contributed by atoms with Crippen LogP contribution >= 0.6 is 34.8 Å². The lowest BCUT2D eigenvalue weighted by molar-refractivity contribution is 0.227. The first-order valence-corrected chi connectivity index (χ1v) is 14.8. The van der Waals surface area contributed by atoms with Crippen LogP contribution in [0.4, 0.5) is 5.82 Å². The molecule has 0 amide bonds. The van der Waals surface area contributed by atoms with Gasteiger partial charge in [-0.25, -0.2) is 13.4 Å². The zero-order valence-electron chi connectivity index (χ0n) is 20.8. The molecule has 1 aromatic carbocycles. The number of hydrogen-bond donors (Lipinski definition) is 1. The molecule has 202 valence electrons. The minimum absolute atomic E-state index is 0.328. The Labute approximate surface area is 240 Å². The molecule has 5 rings (SSSR count). The summed E-state index contributed by atoms with van der Waals surface area (Å²) in [5.74, 6) is 0.901. The number of anilines is 1. The average Bonchev–Trinajstić information content (AvgIpc) is 3.30. The molecule has 0 saturated carbocycles. The number of H-pyrrole nitrogens is 1. The van der Waals surface area contributed by atoms with Crippen LogP contribution < -0.4 is 9.64 Å². The van der Waals surface area contributed by atoms with E-state index >= 15 is 0 Å². The van der Waals surface area contributed by atoms with Crippen molar-refractivity contribution in [2.75, 3.05) is 37.3 Å². The largest absolute Gasteiger partial charge is 0.484 e. The van der Waals surface area contributed by atoms with Gasteiger partial charge in [-0.15, -0.1) is 0 Å². The van der Waals surface area contributed by atoms with E-state index in [4.69, 9.17) is 39.5 Å². The van der Waals surface area contributed by atoms with Crippen molar-refractivity contribution < 1.29 is 13.2 Å². The Morgan fingerprint density at radius 1 is 1.05 bits per heavy atom. The van der Waals surface area contributed by atoms with Gasteiger partial charge in [-0.3, -0.25) is 10.1 Å². The van der Waals surface area contributed by atoms with Gasteiger partial charge < -0.3 is 9.64 Å². The number of benzene rings is 1. The van der Waals surface area contributed by atoms with Crippen molar-refractivity contribution in [1.82, 2.24) is 24.5 Å². The molecule has 4 heterocycles. The van der Waals surface area contributed by atoms with Gasteiger partial charge in [0, 0.05) is 61.3 Å². The third kappa shape index (κ3) is 5.48. The molecule has 1 aliphatic rings. The first kappa shape index (κ1) is 27.4. The third-order valence-corrected chi connectivity index (χ3v) is 8.68. The highest BCUT2D eigenvalue weighted by molar-refractivity contribution is 7.88. The number of piperazine rings is 1. The van der Waals surface area contributed by atoms with Gasteiger partial charge in [0.25, 0.3) is 0 Å². The predicted octanol–water partition coefficient (Wildman–Crippen LogP) is 5.07. The zero-order chi connectivity index (χ0) is 27.9. The first-order valence-electron chi connectivity index (χ1n) is 11.8. The fourth-order valence-corrected chi connectivity index (χ4v) is 6.25. The lowest BCUT2D eigenvalue weighted by Gasteiger charge is -2.34. The molecule has 4 aromatic rings. The Balaban J connectivity index is 1.45. The normalized spacial score (nSPS) is 15.3. The van der Waals surface area contributed by atoms with Crippen LogP contribution in [-0.2, 0) is 10.0 Å². The maximum atomic E-state index is 11.8. The number of sulfonamides is 1. The molecule has 14 heteroatoms. The van der Waals surface area contributed by atoms with Crippen LogP contribution in [0.25, 0.3) is 22.2 Å². The molecule has 1 N–H and O–H groups in total. The van der Waals surface area contributed by atoms with Crippen molar-refractivity contribution in [3.63, 3.8) is 0 Å². The molecule has 0 aliphatic carbocycles. The van der Waals surface area contributed by atoms with E-state index in [0.717, 1.165) is 0 Å². The third-order valence-electron chi connectivity index (χ3n) is 6.48. The monoisotopic (exact) mass is 605 g/mol. The maximum absolute atomic E-state index is 11.8. The van der Waals surface area contributed by atoms with Crippen LogP contribution in [0.1, 0.15) is 24.2 Å². The summed E-state index contributed by atoms with van der Waals surface area (Å²) < 4.78 is 31.2. The van der Waals surface area contributed by atoms with Crippen molar-refractivity contribution in [3.05, 3.63) is 63.0 Å². The molecule has 1 saturated heterocycles. The van der Waals surface area contributed by atoms with Gasteiger partial charge in [0.2, 0.25) is 10.0 Å². The Kier molecular flexibility index (Phi) is 7.59. The number of hydrogen-bond acceptors (Lipinski definition) is 8. The standard InChI is InChI=1S/C25H22Cl3N7O3S/c1-14(23-19(27)12-30-13-20(23)28)38-22-8-17-21(9-18(22)26)32-33-24(17)16-7-15(10-29)25(31-11-16)34-3-5-35(6-4-34)39(2,36)37/h7-9,11-14H,3-6H2,1-2H3,(H,32,33)/t14-/m1/s1. The molecule has 1 fully saturated rings. The minimum atomic E-state index is -3.26. The molecular weight excluding hydrogens is 585 g/mol. The summed E-state index contributed by atoms with van der Waals surface area (Å²) >= 11 is 19.1. The van der Waals surface area contributed by atoms with E-state index in [9.17, 15) is 13.7 Å². The molecule has 39 heavy (non-hydrogen) atoms. The van der Waals surface area contributed by atoms with Crippen LogP contribution in [0.2, 0.25) is 15.1 Å². The first-order chi connectivity index (χ1) is 18.6. The van der Waals surface area contributed by atoms with Crippen LogP contribution in [0, 0.1) is 11.3 Å². The summed E-state index contributed by atoms with van der Waals surface area (Å²) in [5.41, 5.74) is 2.81. The van der Waals surface area contributed by atoms with Gasteiger partial charge in [0.15, 0.2) is 0 Å². The zero-order valence-corrected chi connectivity index (χ0v) is 23.9. The van der Waals surface area contributed by atoms with Crippen molar-refractivity contribution in [2.24, 2.45) is 0 Å². The predicted molar refractivity (Wildman–Crippen MR) is 151 cm³/mol.